The van der Waals surface area contributed by atoms with E-state index in [0.29, 0.717) is 28.5 Å². The van der Waals surface area contributed by atoms with Crippen LogP contribution in [0.3, 0.4) is 0 Å². The van der Waals surface area contributed by atoms with E-state index < -0.39 is 0 Å². The van der Waals surface area contributed by atoms with E-state index in [1.54, 1.807) is 29.5 Å². The molecule has 0 aliphatic rings. The first-order valence-corrected chi connectivity index (χ1v) is 10.3. The Kier molecular flexibility index (Phi) is 5.65. The van der Waals surface area contributed by atoms with Gasteiger partial charge in [0.1, 0.15) is 9.71 Å². The molecule has 0 spiro atoms. The minimum absolute atomic E-state index is 0.285. The van der Waals surface area contributed by atoms with Gasteiger partial charge in [0.15, 0.2) is 11.5 Å². The third-order valence-corrected chi connectivity index (χ3v) is 5.92. The van der Waals surface area contributed by atoms with Crippen molar-refractivity contribution < 1.29 is 19.0 Å². The summed E-state index contributed by atoms with van der Waals surface area (Å²) in [5, 5.41) is 3.85. The molecular weight excluding hydrogens is 412 g/mol. The number of fused-ring (bicyclic) bond motifs is 1. The molecule has 1 amide bonds. The number of nitrogens with one attached hydrogen (secondary N) is 1. The number of rotatable bonds is 6. The number of thiazole rings is 1. The molecule has 0 bridgehead atoms. The molecule has 0 aliphatic carbocycles. The smallest absolute Gasteiger partial charge is 0.255 e. The monoisotopic (exact) mass is 432 g/mol. The summed E-state index contributed by atoms with van der Waals surface area (Å²) in [7, 11) is 4.55. The Morgan fingerprint density at radius 2 is 1.81 bits per heavy atom. The van der Waals surface area contributed by atoms with Crippen LogP contribution in [0.25, 0.3) is 20.8 Å². The number of carbonyl (C=O) groups is 1. The summed E-state index contributed by atoms with van der Waals surface area (Å²) in [6.45, 7) is 1.96. The lowest BCUT2D eigenvalue weighted by atomic mass is 10.1. The van der Waals surface area contributed by atoms with E-state index in [1.807, 2.05) is 31.2 Å². The van der Waals surface area contributed by atoms with Crippen molar-refractivity contribution in [3.05, 3.63) is 65.7 Å². The highest BCUT2D eigenvalue weighted by molar-refractivity contribution is 7.21. The molecular formula is C24H20N2O4S. The number of amides is 1. The summed E-state index contributed by atoms with van der Waals surface area (Å²) in [5.41, 5.74) is 3.85. The molecule has 0 radical (unpaired) electrons. The maximum Gasteiger partial charge on any atom is 0.255 e. The minimum atomic E-state index is -0.285. The van der Waals surface area contributed by atoms with Crippen LogP contribution >= 0.6 is 11.3 Å². The molecule has 1 N–H and O–H groups in total. The number of ether oxygens (including phenoxy) is 3. The Hall–Kier alpha value is -3.76. The number of aromatic nitrogens is 1. The molecule has 31 heavy (non-hydrogen) atoms. The van der Waals surface area contributed by atoms with Crippen molar-refractivity contribution in [2.45, 2.75) is 6.92 Å². The lowest BCUT2D eigenvalue weighted by Gasteiger charge is -2.15. The van der Waals surface area contributed by atoms with Crippen molar-refractivity contribution in [2.24, 2.45) is 0 Å². The van der Waals surface area contributed by atoms with Crippen LogP contribution < -0.4 is 19.5 Å². The van der Waals surface area contributed by atoms with E-state index in [1.165, 1.54) is 21.3 Å². The highest BCUT2D eigenvalue weighted by Gasteiger charge is 2.18. The van der Waals surface area contributed by atoms with Crippen LogP contribution in [0.5, 0.6) is 17.2 Å². The summed E-state index contributed by atoms with van der Waals surface area (Å²) in [4.78, 5) is 17.7. The molecule has 7 heteroatoms. The zero-order chi connectivity index (χ0) is 22.0. The summed E-state index contributed by atoms with van der Waals surface area (Å²) in [6, 6.07) is 18.7. The highest BCUT2D eigenvalue weighted by atomic mass is 32.1. The van der Waals surface area contributed by atoms with Gasteiger partial charge in [-0.15, -0.1) is 11.3 Å². The van der Waals surface area contributed by atoms with Crippen molar-refractivity contribution in [3.63, 3.8) is 0 Å². The fourth-order valence-corrected chi connectivity index (χ4v) is 4.28. The van der Waals surface area contributed by atoms with Crippen LogP contribution in [0.2, 0.25) is 0 Å². The summed E-state index contributed by atoms with van der Waals surface area (Å²) in [5.74, 6) is 0.983. The lowest BCUT2D eigenvalue weighted by Crippen LogP contribution is -2.13. The van der Waals surface area contributed by atoms with Crippen molar-refractivity contribution in [2.75, 3.05) is 26.6 Å². The van der Waals surface area contributed by atoms with Gasteiger partial charge in [0.2, 0.25) is 5.75 Å². The maximum absolute atomic E-state index is 13.0. The number of anilines is 1. The Bertz CT molecular complexity index is 1210. The Balaban J connectivity index is 1.67. The zero-order valence-corrected chi connectivity index (χ0v) is 18.3. The predicted molar refractivity (Wildman–Crippen MR) is 122 cm³/mol. The van der Waals surface area contributed by atoms with Gasteiger partial charge in [0, 0.05) is 16.8 Å². The first kappa shape index (κ1) is 20.5. The second-order valence-electron chi connectivity index (χ2n) is 6.68. The van der Waals surface area contributed by atoms with E-state index in [4.69, 9.17) is 19.2 Å². The van der Waals surface area contributed by atoms with Crippen LogP contribution in [-0.2, 0) is 0 Å². The van der Waals surface area contributed by atoms with Gasteiger partial charge in [0.25, 0.3) is 5.91 Å². The van der Waals surface area contributed by atoms with Gasteiger partial charge in [0.05, 0.1) is 26.8 Å². The normalized spacial score (nSPS) is 10.5. The van der Waals surface area contributed by atoms with Crippen molar-refractivity contribution >= 4 is 33.1 Å². The van der Waals surface area contributed by atoms with Gasteiger partial charge >= 0.3 is 0 Å². The quantitative estimate of drug-likeness (QED) is 0.456. The largest absolute Gasteiger partial charge is 0.493 e. The van der Waals surface area contributed by atoms with Crippen LogP contribution in [-0.4, -0.2) is 32.2 Å². The second-order valence-corrected chi connectivity index (χ2v) is 7.68. The van der Waals surface area contributed by atoms with E-state index in [0.717, 1.165) is 26.4 Å². The molecule has 1 aromatic heterocycles. The van der Waals surface area contributed by atoms with E-state index in [-0.39, 0.29) is 5.91 Å². The van der Waals surface area contributed by atoms with Crippen LogP contribution in [0.15, 0.2) is 42.5 Å². The molecule has 6 nitrogen and oxygen atoms in total. The van der Waals surface area contributed by atoms with Crippen LogP contribution in [0.1, 0.15) is 15.9 Å². The number of benzene rings is 2. The highest BCUT2D eigenvalue weighted by Crippen LogP contribution is 2.39. The standard InChI is InChI=1S/C24H20N2O4S/c1-14-16(24-26-18-9-5-6-11-21(18)31-24)8-7-10-17(14)25-23(27)15-12-19(28-2)22(30-4)20(13-15)29-3/h5,7-10,12-13H,1-4H3,(H,25,27). The van der Waals surface area contributed by atoms with E-state index >= 15 is 0 Å². The van der Waals surface area contributed by atoms with E-state index in [2.05, 4.69) is 17.4 Å². The van der Waals surface area contributed by atoms with Gasteiger partial charge in [-0.3, -0.25) is 4.79 Å². The number of carbonyl (C=O) groups excluding carboxylic acids is 1. The maximum atomic E-state index is 13.0. The number of hydrogen-bond acceptors (Lipinski definition) is 6. The minimum Gasteiger partial charge on any atom is -0.493 e. The molecule has 0 unspecified atom stereocenters. The average Bonchev–Trinajstić information content (AvgIpc) is 3.23. The number of methoxy groups -OCH3 is 3. The average molecular weight is 433 g/mol. The summed E-state index contributed by atoms with van der Waals surface area (Å²) in [6.07, 6.45) is 0. The predicted octanol–water partition coefficient (Wildman–Crippen LogP) is 5.15. The van der Waals surface area contributed by atoms with Gasteiger partial charge in [-0.05, 0) is 48.9 Å². The van der Waals surface area contributed by atoms with E-state index in [9.17, 15) is 4.79 Å². The molecule has 0 aliphatic heterocycles. The molecule has 4 aromatic rings. The Morgan fingerprint density at radius 1 is 1.06 bits per heavy atom. The van der Waals surface area contributed by atoms with Gasteiger partial charge in [-0.1, -0.05) is 18.2 Å². The Morgan fingerprint density at radius 3 is 2.45 bits per heavy atom. The fraction of sp³-hybridized carbons (Fsp3) is 0.167. The van der Waals surface area contributed by atoms with Gasteiger partial charge in [-0.25, -0.2) is 4.98 Å². The third kappa shape index (κ3) is 3.86. The van der Waals surface area contributed by atoms with Crippen molar-refractivity contribution in [1.82, 2.24) is 4.98 Å². The van der Waals surface area contributed by atoms with Gasteiger partial charge in [-0.2, -0.15) is 0 Å². The first-order chi connectivity index (χ1) is 15.0. The fourth-order valence-electron chi connectivity index (χ4n) is 3.29. The third-order valence-electron chi connectivity index (χ3n) is 4.90. The molecule has 156 valence electrons. The van der Waals surface area contributed by atoms with Gasteiger partial charge < -0.3 is 19.5 Å². The molecule has 4 rings (SSSR count). The second kappa shape index (κ2) is 8.54. The van der Waals surface area contributed by atoms with Crippen molar-refractivity contribution in [1.29, 1.82) is 0 Å². The SMILES string of the molecule is COc1cc(C(=O)Nc2cccc(-c3nc4ccc#cc4s3)c2C)cc(OC)c1OC. The summed E-state index contributed by atoms with van der Waals surface area (Å²) >= 11 is 1.54. The molecule has 0 atom stereocenters. The molecule has 3 aromatic carbocycles. The number of hydrogen-bond donors (Lipinski definition) is 1. The lowest BCUT2D eigenvalue weighted by molar-refractivity contribution is 0.102. The molecule has 0 saturated heterocycles. The van der Waals surface area contributed by atoms with Crippen LogP contribution in [0, 0.1) is 19.1 Å². The molecule has 1 heterocycles. The number of nitrogens with zero attached hydrogens (tertiary/aromatic N) is 1. The molecule has 0 saturated carbocycles. The first-order valence-electron chi connectivity index (χ1n) is 9.46. The van der Waals surface area contributed by atoms with Crippen LogP contribution in [0.4, 0.5) is 5.69 Å². The molecule has 0 fully saturated rings. The topological polar surface area (TPSA) is 69.7 Å². The Labute approximate surface area is 184 Å². The zero-order valence-electron chi connectivity index (χ0n) is 17.5. The van der Waals surface area contributed by atoms with Crippen molar-refractivity contribution in [3.8, 4) is 27.8 Å². The summed E-state index contributed by atoms with van der Waals surface area (Å²) < 4.78 is 17.0.